The van der Waals surface area contributed by atoms with E-state index in [1.54, 1.807) is 12.1 Å². The van der Waals surface area contributed by atoms with E-state index in [1.165, 1.54) is 37.4 Å². The Bertz CT molecular complexity index is 757. The Morgan fingerprint density at radius 1 is 1.04 bits per heavy atom. The van der Waals surface area contributed by atoms with Gasteiger partial charge in [0.2, 0.25) is 0 Å². The molecule has 6 heteroatoms. The molecule has 0 bridgehead atoms. The highest BCUT2D eigenvalue weighted by Crippen LogP contribution is 2.39. The summed E-state index contributed by atoms with van der Waals surface area (Å²) >= 11 is 0. The lowest BCUT2D eigenvalue weighted by molar-refractivity contribution is 0.236. The molecule has 0 heterocycles. The summed E-state index contributed by atoms with van der Waals surface area (Å²) in [4.78, 5) is 12.5. The van der Waals surface area contributed by atoms with Crippen molar-refractivity contribution in [1.82, 2.24) is 5.32 Å². The zero-order valence-corrected chi connectivity index (χ0v) is 13.9. The van der Waals surface area contributed by atoms with Crippen molar-refractivity contribution in [3.05, 3.63) is 59.7 Å². The summed E-state index contributed by atoms with van der Waals surface area (Å²) in [6.07, 6.45) is 3.54. The number of methoxy groups -OCH3 is 1. The van der Waals surface area contributed by atoms with E-state index < -0.39 is 17.4 Å². The van der Waals surface area contributed by atoms with Gasteiger partial charge in [-0.1, -0.05) is 25.0 Å². The van der Waals surface area contributed by atoms with Crippen molar-refractivity contribution in [3.8, 4) is 5.75 Å². The molecule has 1 fully saturated rings. The van der Waals surface area contributed by atoms with Crippen LogP contribution >= 0.6 is 0 Å². The van der Waals surface area contributed by atoms with Gasteiger partial charge in [0.05, 0.1) is 18.3 Å². The second kappa shape index (κ2) is 7.09. The van der Waals surface area contributed by atoms with E-state index in [0.717, 1.165) is 31.2 Å². The second-order valence-corrected chi connectivity index (χ2v) is 6.22. The van der Waals surface area contributed by atoms with Crippen LogP contribution in [0.4, 0.5) is 19.3 Å². The Hall–Kier alpha value is -2.63. The Morgan fingerprint density at radius 2 is 1.68 bits per heavy atom. The molecule has 2 N–H and O–H groups in total. The van der Waals surface area contributed by atoms with Crippen molar-refractivity contribution >= 4 is 11.7 Å². The summed E-state index contributed by atoms with van der Waals surface area (Å²) < 4.78 is 31.6. The summed E-state index contributed by atoms with van der Waals surface area (Å²) in [6.45, 7) is 0. The number of carbonyl (C=O) groups excluding carboxylic acids is 1. The zero-order chi connectivity index (χ0) is 17.9. The molecule has 4 nitrogen and oxygen atoms in total. The van der Waals surface area contributed by atoms with Crippen LogP contribution in [0.2, 0.25) is 0 Å². The van der Waals surface area contributed by atoms with E-state index in [9.17, 15) is 13.6 Å². The van der Waals surface area contributed by atoms with Crippen LogP contribution < -0.4 is 15.4 Å². The van der Waals surface area contributed by atoms with E-state index in [4.69, 9.17) is 4.74 Å². The van der Waals surface area contributed by atoms with Gasteiger partial charge in [-0.15, -0.1) is 0 Å². The molecule has 0 spiro atoms. The Morgan fingerprint density at radius 3 is 2.32 bits per heavy atom. The lowest BCUT2D eigenvalue weighted by Crippen LogP contribution is -2.45. The Kier molecular flexibility index (Phi) is 4.88. The quantitative estimate of drug-likeness (QED) is 0.852. The number of benzene rings is 2. The van der Waals surface area contributed by atoms with Gasteiger partial charge in [0.15, 0.2) is 0 Å². The zero-order valence-electron chi connectivity index (χ0n) is 13.9. The van der Waals surface area contributed by atoms with Crippen LogP contribution in [-0.4, -0.2) is 13.1 Å². The van der Waals surface area contributed by atoms with Gasteiger partial charge >= 0.3 is 6.03 Å². The fourth-order valence-corrected chi connectivity index (χ4v) is 3.37. The maximum absolute atomic E-state index is 13.3. The van der Waals surface area contributed by atoms with Crippen molar-refractivity contribution in [1.29, 1.82) is 0 Å². The second-order valence-electron chi connectivity index (χ2n) is 6.22. The number of anilines is 1. The lowest BCUT2D eigenvalue weighted by Gasteiger charge is -2.31. The number of rotatable bonds is 4. The summed E-state index contributed by atoms with van der Waals surface area (Å²) in [7, 11) is 1.41. The average Bonchev–Trinajstić information content (AvgIpc) is 3.06. The highest BCUT2D eigenvalue weighted by Gasteiger charge is 2.37. The van der Waals surface area contributed by atoms with Gasteiger partial charge in [-0.05, 0) is 42.7 Å². The van der Waals surface area contributed by atoms with Gasteiger partial charge in [-0.2, -0.15) is 0 Å². The number of nitrogens with one attached hydrogen (secondary N) is 2. The minimum absolute atomic E-state index is 0.248. The molecule has 132 valence electrons. The van der Waals surface area contributed by atoms with Crippen LogP contribution in [0.5, 0.6) is 5.75 Å². The van der Waals surface area contributed by atoms with E-state index in [2.05, 4.69) is 10.6 Å². The third-order valence-electron chi connectivity index (χ3n) is 4.62. The van der Waals surface area contributed by atoms with Crippen LogP contribution in [0.3, 0.4) is 0 Å². The maximum Gasteiger partial charge on any atom is 0.320 e. The van der Waals surface area contributed by atoms with Crippen LogP contribution in [0.1, 0.15) is 31.2 Å². The van der Waals surface area contributed by atoms with Crippen molar-refractivity contribution in [3.63, 3.8) is 0 Å². The smallest absolute Gasteiger partial charge is 0.320 e. The van der Waals surface area contributed by atoms with Gasteiger partial charge in [0, 0.05) is 6.07 Å². The minimum atomic E-state index is -0.523. The molecule has 2 amide bonds. The average molecular weight is 346 g/mol. The number of hydrogen-bond donors (Lipinski definition) is 2. The van der Waals surface area contributed by atoms with E-state index in [1.807, 2.05) is 0 Å². The Labute approximate surface area is 145 Å². The first-order chi connectivity index (χ1) is 12.0. The van der Waals surface area contributed by atoms with Crippen molar-refractivity contribution in [2.24, 2.45) is 0 Å². The van der Waals surface area contributed by atoms with Crippen LogP contribution in [0, 0.1) is 11.6 Å². The van der Waals surface area contributed by atoms with E-state index >= 15 is 0 Å². The fourth-order valence-electron chi connectivity index (χ4n) is 3.37. The topological polar surface area (TPSA) is 50.4 Å². The minimum Gasteiger partial charge on any atom is -0.494 e. The van der Waals surface area contributed by atoms with Gasteiger partial charge < -0.3 is 15.4 Å². The molecule has 1 aliphatic rings. The predicted molar refractivity (Wildman–Crippen MR) is 91.7 cm³/mol. The van der Waals surface area contributed by atoms with Crippen LogP contribution in [0.15, 0.2) is 42.5 Å². The number of amides is 2. The highest BCUT2D eigenvalue weighted by atomic mass is 19.1. The summed E-state index contributed by atoms with van der Waals surface area (Å²) in [6, 6.07) is 9.72. The molecule has 0 unspecified atom stereocenters. The standard InChI is InChI=1S/C19H20F2N2O2/c1-25-17-12-15(21)8-9-16(17)22-18(24)23-19(10-2-3-11-19)13-4-6-14(20)7-5-13/h4-9,12H,2-3,10-11H2,1H3,(H2,22,23,24). The molecule has 0 radical (unpaired) electrons. The first-order valence-electron chi connectivity index (χ1n) is 8.21. The van der Waals surface area contributed by atoms with Crippen molar-refractivity contribution in [2.75, 3.05) is 12.4 Å². The normalized spacial score (nSPS) is 15.6. The molecule has 0 aliphatic heterocycles. The molecule has 0 aromatic heterocycles. The molecule has 2 aromatic carbocycles. The lowest BCUT2D eigenvalue weighted by atomic mass is 9.88. The highest BCUT2D eigenvalue weighted by molar-refractivity contribution is 5.91. The number of hydrogen-bond acceptors (Lipinski definition) is 2. The fraction of sp³-hybridized carbons (Fsp3) is 0.316. The molecular weight excluding hydrogens is 326 g/mol. The number of halogens is 2. The molecule has 3 rings (SSSR count). The largest absolute Gasteiger partial charge is 0.494 e. The molecule has 2 aromatic rings. The third kappa shape index (κ3) is 3.73. The van der Waals surface area contributed by atoms with Gasteiger partial charge in [0.1, 0.15) is 17.4 Å². The molecule has 25 heavy (non-hydrogen) atoms. The molecule has 1 saturated carbocycles. The Balaban J connectivity index is 1.79. The first-order valence-corrected chi connectivity index (χ1v) is 8.21. The molecule has 0 saturated heterocycles. The summed E-state index contributed by atoms with van der Waals surface area (Å²) in [5.74, 6) is -0.504. The van der Waals surface area contributed by atoms with Crippen molar-refractivity contribution in [2.45, 2.75) is 31.2 Å². The van der Waals surface area contributed by atoms with Gasteiger partial charge in [0.25, 0.3) is 0 Å². The monoisotopic (exact) mass is 346 g/mol. The third-order valence-corrected chi connectivity index (χ3v) is 4.62. The molecule has 0 atom stereocenters. The summed E-state index contributed by atoms with van der Waals surface area (Å²) in [5, 5.41) is 5.73. The van der Waals surface area contributed by atoms with Crippen LogP contribution in [0.25, 0.3) is 0 Å². The SMILES string of the molecule is COc1cc(F)ccc1NC(=O)NC1(c2ccc(F)cc2)CCCC1. The van der Waals surface area contributed by atoms with E-state index in [-0.39, 0.29) is 11.6 Å². The first kappa shape index (κ1) is 17.2. The molecular formula is C19H20F2N2O2. The van der Waals surface area contributed by atoms with Gasteiger partial charge in [-0.3, -0.25) is 0 Å². The van der Waals surface area contributed by atoms with E-state index in [0.29, 0.717) is 5.69 Å². The maximum atomic E-state index is 13.3. The number of ether oxygens (including phenoxy) is 1. The van der Waals surface area contributed by atoms with Crippen LogP contribution in [-0.2, 0) is 5.54 Å². The van der Waals surface area contributed by atoms with Crippen molar-refractivity contribution < 1.29 is 18.3 Å². The number of carbonyl (C=O) groups is 1. The van der Waals surface area contributed by atoms with Gasteiger partial charge in [-0.25, -0.2) is 13.6 Å². The molecule has 1 aliphatic carbocycles. The number of urea groups is 1. The summed E-state index contributed by atoms with van der Waals surface area (Å²) in [5.41, 5.74) is 0.742. The predicted octanol–water partition coefficient (Wildman–Crippen LogP) is 4.56.